The van der Waals surface area contributed by atoms with E-state index in [1.54, 1.807) is 0 Å². The monoisotopic (exact) mass is 343 g/mol. The molecule has 3 heteroatoms. The second kappa shape index (κ2) is 4.97. The van der Waals surface area contributed by atoms with Crippen LogP contribution in [-0.4, -0.2) is 10.3 Å². The fourth-order valence-electron chi connectivity index (χ4n) is 2.95. The smallest absolute Gasteiger partial charge is 0.0481 e. The lowest BCUT2D eigenvalue weighted by Gasteiger charge is -2.13. The molecule has 1 unspecified atom stereocenters. The minimum Gasteiger partial charge on any atom is -0.347 e. The predicted molar refractivity (Wildman–Crippen MR) is 89.5 cm³/mol. The van der Waals surface area contributed by atoms with E-state index in [1.165, 1.54) is 27.1 Å². The van der Waals surface area contributed by atoms with Gasteiger partial charge in [0, 0.05) is 44.7 Å². The summed E-state index contributed by atoms with van der Waals surface area (Å²) in [5.74, 6) is 1.81. The van der Waals surface area contributed by atoms with Crippen molar-refractivity contribution >= 4 is 38.6 Å². The number of hydrogen-bond acceptors (Lipinski definition) is 1. The molecule has 1 nitrogen and oxygen atoms in total. The molecule has 0 N–H and O–H groups in total. The van der Waals surface area contributed by atoms with Crippen molar-refractivity contribution in [2.45, 2.75) is 17.4 Å². The van der Waals surface area contributed by atoms with Crippen molar-refractivity contribution in [3.05, 3.63) is 64.8 Å². The van der Waals surface area contributed by atoms with Crippen LogP contribution in [0.4, 0.5) is 0 Å². The van der Waals surface area contributed by atoms with Crippen LogP contribution in [0.15, 0.2) is 64.1 Å². The molecule has 2 aromatic carbocycles. The molecule has 1 aliphatic heterocycles. The highest BCUT2D eigenvalue weighted by Gasteiger charge is 2.23. The Bertz CT molecular complexity index is 778. The van der Waals surface area contributed by atoms with E-state index in [0.29, 0.717) is 5.92 Å². The van der Waals surface area contributed by atoms with Gasteiger partial charge in [-0.1, -0.05) is 34.1 Å². The summed E-state index contributed by atoms with van der Waals surface area (Å²) >= 11 is 5.52. The lowest BCUT2D eigenvalue weighted by molar-refractivity contribution is 0.623. The van der Waals surface area contributed by atoms with Gasteiger partial charge >= 0.3 is 0 Å². The maximum Gasteiger partial charge on any atom is 0.0481 e. The topological polar surface area (TPSA) is 4.93 Å². The second-order valence-corrected chi connectivity index (χ2v) is 7.19. The highest BCUT2D eigenvalue weighted by atomic mass is 79.9. The number of halogens is 1. The number of benzene rings is 2. The number of aromatic nitrogens is 1. The Morgan fingerprint density at radius 2 is 2.05 bits per heavy atom. The van der Waals surface area contributed by atoms with Gasteiger partial charge in [-0.25, -0.2) is 0 Å². The van der Waals surface area contributed by atoms with E-state index in [2.05, 4.69) is 75.2 Å². The third-order valence-electron chi connectivity index (χ3n) is 3.95. The summed E-state index contributed by atoms with van der Waals surface area (Å²) in [6.07, 6.45) is 2.21. The van der Waals surface area contributed by atoms with Gasteiger partial charge in [-0.2, -0.15) is 0 Å². The Kier molecular flexibility index (Phi) is 3.12. The molecule has 0 spiro atoms. The molecule has 100 valence electrons. The standard InChI is InChI=1S/C17H14BrNS/c18-14-5-6-16-12(9-14)7-8-19(16)10-13-11-20-17-4-2-1-3-15(13)17/h1-9,13H,10-11H2. The second-order valence-electron chi connectivity index (χ2n) is 5.22. The molecule has 0 aliphatic carbocycles. The van der Waals surface area contributed by atoms with E-state index in [-0.39, 0.29) is 0 Å². The SMILES string of the molecule is Brc1ccc2c(ccn2CC2CSc3ccccc32)c1. The fraction of sp³-hybridized carbons (Fsp3) is 0.176. The zero-order valence-electron chi connectivity index (χ0n) is 10.9. The van der Waals surface area contributed by atoms with E-state index < -0.39 is 0 Å². The normalized spacial score (nSPS) is 17.6. The Labute approximate surface area is 131 Å². The van der Waals surface area contributed by atoms with Crippen LogP contribution in [0.1, 0.15) is 11.5 Å². The van der Waals surface area contributed by atoms with Crippen molar-refractivity contribution in [3.8, 4) is 0 Å². The van der Waals surface area contributed by atoms with Crippen LogP contribution >= 0.6 is 27.7 Å². The molecule has 1 aromatic heterocycles. The first-order valence-corrected chi connectivity index (χ1v) is 8.55. The summed E-state index contributed by atoms with van der Waals surface area (Å²) in [7, 11) is 0. The zero-order chi connectivity index (χ0) is 13.5. The van der Waals surface area contributed by atoms with Gasteiger partial charge in [-0.3, -0.25) is 0 Å². The fourth-order valence-corrected chi connectivity index (χ4v) is 4.57. The predicted octanol–water partition coefficient (Wildman–Crippen LogP) is 5.29. The average molecular weight is 344 g/mol. The van der Waals surface area contributed by atoms with Crippen LogP contribution in [0.25, 0.3) is 10.9 Å². The molecule has 20 heavy (non-hydrogen) atoms. The van der Waals surface area contributed by atoms with Gasteiger partial charge in [0.1, 0.15) is 0 Å². The highest BCUT2D eigenvalue weighted by Crippen LogP contribution is 2.40. The summed E-state index contributed by atoms with van der Waals surface area (Å²) < 4.78 is 3.53. The molecule has 0 radical (unpaired) electrons. The Balaban J connectivity index is 1.69. The number of nitrogens with zero attached hydrogens (tertiary/aromatic N) is 1. The molecule has 4 rings (SSSR count). The molecular weight excluding hydrogens is 330 g/mol. The number of rotatable bonds is 2. The Morgan fingerprint density at radius 1 is 1.15 bits per heavy atom. The first-order chi connectivity index (χ1) is 9.81. The largest absolute Gasteiger partial charge is 0.347 e. The van der Waals surface area contributed by atoms with Gasteiger partial charge in [0.15, 0.2) is 0 Å². The van der Waals surface area contributed by atoms with Crippen molar-refractivity contribution in [2.24, 2.45) is 0 Å². The van der Waals surface area contributed by atoms with Crippen LogP contribution in [0.5, 0.6) is 0 Å². The highest BCUT2D eigenvalue weighted by molar-refractivity contribution is 9.10. The molecule has 0 saturated heterocycles. The van der Waals surface area contributed by atoms with Crippen molar-refractivity contribution in [1.82, 2.24) is 4.57 Å². The molecule has 1 aliphatic rings. The molecule has 0 bridgehead atoms. The van der Waals surface area contributed by atoms with E-state index >= 15 is 0 Å². The lowest BCUT2D eigenvalue weighted by Crippen LogP contribution is -2.07. The van der Waals surface area contributed by atoms with Gasteiger partial charge in [0.05, 0.1) is 0 Å². The maximum absolute atomic E-state index is 3.54. The summed E-state index contributed by atoms with van der Waals surface area (Å²) in [4.78, 5) is 1.46. The molecule has 0 fully saturated rings. The van der Waals surface area contributed by atoms with Gasteiger partial charge < -0.3 is 4.57 Å². The van der Waals surface area contributed by atoms with Crippen LogP contribution in [0.2, 0.25) is 0 Å². The third-order valence-corrected chi connectivity index (χ3v) is 5.69. The van der Waals surface area contributed by atoms with Crippen molar-refractivity contribution in [2.75, 3.05) is 5.75 Å². The number of fused-ring (bicyclic) bond motifs is 2. The first kappa shape index (κ1) is 12.5. The minimum absolute atomic E-state index is 0.621. The van der Waals surface area contributed by atoms with Gasteiger partial charge in [0.2, 0.25) is 0 Å². The summed E-state index contributed by atoms with van der Waals surface area (Å²) in [5.41, 5.74) is 2.83. The zero-order valence-corrected chi connectivity index (χ0v) is 13.3. The summed E-state index contributed by atoms with van der Waals surface area (Å²) in [5, 5.41) is 1.30. The van der Waals surface area contributed by atoms with E-state index in [0.717, 1.165) is 11.0 Å². The lowest BCUT2D eigenvalue weighted by atomic mass is 10.0. The first-order valence-electron chi connectivity index (χ1n) is 6.77. The van der Waals surface area contributed by atoms with Crippen LogP contribution in [-0.2, 0) is 6.54 Å². The van der Waals surface area contributed by atoms with Crippen LogP contribution in [0.3, 0.4) is 0 Å². The molecule has 3 aromatic rings. The van der Waals surface area contributed by atoms with Gasteiger partial charge in [0.25, 0.3) is 0 Å². The number of thioether (sulfide) groups is 1. The van der Waals surface area contributed by atoms with Crippen LogP contribution < -0.4 is 0 Å². The maximum atomic E-state index is 3.54. The third kappa shape index (κ3) is 2.09. The molecular formula is C17H14BrNS. The van der Waals surface area contributed by atoms with E-state index in [4.69, 9.17) is 0 Å². The minimum atomic E-state index is 0.621. The van der Waals surface area contributed by atoms with E-state index in [1.807, 2.05) is 11.8 Å². The summed E-state index contributed by atoms with van der Waals surface area (Å²) in [6.45, 7) is 1.06. The average Bonchev–Trinajstić information content (AvgIpc) is 3.04. The van der Waals surface area contributed by atoms with Crippen molar-refractivity contribution in [3.63, 3.8) is 0 Å². The molecule has 2 heterocycles. The van der Waals surface area contributed by atoms with Gasteiger partial charge in [-0.15, -0.1) is 11.8 Å². The Morgan fingerprint density at radius 3 is 3.00 bits per heavy atom. The number of hydrogen-bond donors (Lipinski definition) is 0. The molecule has 0 amide bonds. The van der Waals surface area contributed by atoms with E-state index in [9.17, 15) is 0 Å². The van der Waals surface area contributed by atoms with Crippen molar-refractivity contribution in [1.29, 1.82) is 0 Å². The Hall–Kier alpha value is -1.19. The molecule has 0 saturated carbocycles. The van der Waals surface area contributed by atoms with Crippen molar-refractivity contribution < 1.29 is 0 Å². The van der Waals surface area contributed by atoms with Crippen LogP contribution in [0, 0.1) is 0 Å². The molecule has 1 atom stereocenters. The quantitative estimate of drug-likeness (QED) is 0.611. The summed E-state index contributed by atoms with van der Waals surface area (Å²) in [6, 6.07) is 17.5. The van der Waals surface area contributed by atoms with Gasteiger partial charge in [-0.05, 0) is 35.9 Å².